The van der Waals surface area contributed by atoms with Gasteiger partial charge in [-0.1, -0.05) is 5.10 Å². The van der Waals surface area contributed by atoms with Crippen LogP contribution in [-0.4, -0.2) is 21.2 Å². The molecule has 1 aromatic carbocycles. The Morgan fingerprint density at radius 3 is 2.07 bits per heavy atom. The first-order valence-corrected chi connectivity index (χ1v) is 8.61. The lowest BCUT2D eigenvalue weighted by molar-refractivity contribution is -0.143. The van der Waals surface area contributed by atoms with Crippen molar-refractivity contribution in [2.24, 2.45) is 0 Å². The number of carbonyl (C=O) groups excluding carboxylic acids is 1. The summed E-state index contributed by atoms with van der Waals surface area (Å²) in [6.45, 7) is 0. The highest BCUT2D eigenvalue weighted by molar-refractivity contribution is 7.17. The van der Waals surface area contributed by atoms with Gasteiger partial charge < -0.3 is 10.1 Å². The van der Waals surface area contributed by atoms with Gasteiger partial charge >= 0.3 is 23.6 Å². The van der Waals surface area contributed by atoms with Gasteiger partial charge in [0.1, 0.15) is 5.75 Å². The summed E-state index contributed by atoms with van der Waals surface area (Å²) < 4.78 is 82.6. The summed E-state index contributed by atoms with van der Waals surface area (Å²) in [5.74, 6) is 0.390. The summed E-state index contributed by atoms with van der Waals surface area (Å²) in [4.78, 5) is 15.8. The first kappa shape index (κ1) is 21.3. The molecule has 0 unspecified atom stereocenters. The lowest BCUT2D eigenvalue weighted by atomic mass is 10.1. The molecule has 14 heteroatoms. The zero-order chi connectivity index (χ0) is 21.9. The molecule has 30 heavy (non-hydrogen) atoms. The fraction of sp³-hybridized carbons (Fsp3) is 0.125. The number of benzene rings is 1. The van der Waals surface area contributed by atoms with Crippen molar-refractivity contribution in [2.45, 2.75) is 12.4 Å². The largest absolute Gasteiger partial charge is 0.430 e. The van der Waals surface area contributed by atoms with E-state index in [0.29, 0.717) is 17.9 Å². The van der Waals surface area contributed by atoms with Crippen LogP contribution in [0.25, 0.3) is 0 Å². The number of carbonyl (C=O) groups is 1. The summed E-state index contributed by atoms with van der Waals surface area (Å²) in [5, 5.41) is 11.3. The molecular formula is C16H9F6N5O2S. The van der Waals surface area contributed by atoms with E-state index < -0.39 is 35.2 Å². The van der Waals surface area contributed by atoms with E-state index in [9.17, 15) is 31.1 Å². The molecule has 0 aliphatic carbocycles. The second-order valence-electron chi connectivity index (χ2n) is 5.53. The number of hydrogen-bond acceptors (Lipinski definition) is 6. The van der Waals surface area contributed by atoms with Crippen LogP contribution in [-0.2, 0) is 12.4 Å². The Kier molecular flexibility index (Phi) is 5.78. The van der Waals surface area contributed by atoms with Crippen LogP contribution in [0.5, 0.6) is 10.9 Å². The lowest BCUT2D eigenvalue weighted by Crippen LogP contribution is -2.20. The van der Waals surface area contributed by atoms with E-state index in [-0.39, 0.29) is 16.4 Å². The van der Waals surface area contributed by atoms with Gasteiger partial charge in [0, 0.05) is 18.1 Å². The van der Waals surface area contributed by atoms with Crippen LogP contribution in [0.15, 0.2) is 42.7 Å². The maximum Gasteiger partial charge on any atom is 0.416 e. The van der Waals surface area contributed by atoms with Gasteiger partial charge in [-0.25, -0.2) is 4.79 Å². The molecule has 158 valence electrons. The Morgan fingerprint density at radius 2 is 1.50 bits per heavy atom. The Morgan fingerprint density at radius 1 is 0.900 bits per heavy atom. The molecule has 2 heterocycles. The van der Waals surface area contributed by atoms with Gasteiger partial charge in [0.05, 0.1) is 11.1 Å². The second kappa shape index (κ2) is 8.14. The third kappa shape index (κ3) is 5.56. The molecule has 0 bridgehead atoms. The van der Waals surface area contributed by atoms with E-state index in [1.807, 2.05) is 5.32 Å². The molecule has 0 saturated carbocycles. The smallest absolute Gasteiger partial charge is 0.416 e. The third-order valence-corrected chi connectivity index (χ3v) is 4.04. The molecule has 0 saturated heterocycles. The minimum Gasteiger partial charge on any atom is -0.430 e. The number of pyridine rings is 1. The fourth-order valence-corrected chi connectivity index (χ4v) is 2.71. The number of nitrogens with zero attached hydrogens (tertiary/aromatic N) is 3. The molecule has 3 aromatic rings. The molecule has 2 aromatic heterocycles. The molecule has 2 N–H and O–H groups in total. The van der Waals surface area contributed by atoms with Gasteiger partial charge in [-0.3, -0.25) is 10.3 Å². The first-order valence-electron chi connectivity index (χ1n) is 7.79. The van der Waals surface area contributed by atoms with Crippen molar-refractivity contribution in [2.75, 3.05) is 10.6 Å². The zero-order valence-electron chi connectivity index (χ0n) is 14.4. The lowest BCUT2D eigenvalue weighted by Gasteiger charge is -2.14. The van der Waals surface area contributed by atoms with E-state index >= 15 is 0 Å². The van der Waals surface area contributed by atoms with Crippen LogP contribution in [0.3, 0.4) is 0 Å². The molecule has 0 fully saturated rings. The first-order chi connectivity index (χ1) is 14.0. The van der Waals surface area contributed by atoms with E-state index in [1.165, 1.54) is 24.5 Å². The van der Waals surface area contributed by atoms with Gasteiger partial charge in [0.15, 0.2) is 0 Å². The summed E-state index contributed by atoms with van der Waals surface area (Å²) in [6, 6.07) is 2.67. The number of alkyl halides is 6. The zero-order valence-corrected chi connectivity index (χ0v) is 15.2. The van der Waals surface area contributed by atoms with Crippen LogP contribution in [0, 0.1) is 0 Å². The van der Waals surface area contributed by atoms with Gasteiger partial charge in [-0.15, -0.1) is 5.10 Å². The number of ether oxygens (including phenoxy) is 1. The monoisotopic (exact) mass is 449 g/mol. The number of urea groups is 1. The number of rotatable bonds is 4. The SMILES string of the molecule is O=C(Nc1cc(C(F)(F)F)cc(C(F)(F)F)c1)Nc1nnc(Oc2ccncc2)s1. The van der Waals surface area contributed by atoms with Crippen LogP contribution in [0.4, 0.5) is 42.0 Å². The summed E-state index contributed by atoms with van der Waals surface area (Å²) in [5.41, 5.74) is -3.82. The average Bonchev–Trinajstić information content (AvgIpc) is 3.07. The van der Waals surface area contributed by atoms with E-state index in [4.69, 9.17) is 4.74 Å². The number of halogens is 6. The maximum atomic E-state index is 12.9. The van der Waals surface area contributed by atoms with Gasteiger partial charge in [0.25, 0.3) is 0 Å². The number of hydrogen-bond donors (Lipinski definition) is 2. The Bertz CT molecular complexity index is 1010. The molecule has 0 atom stereocenters. The van der Waals surface area contributed by atoms with Gasteiger partial charge in [-0.05, 0) is 41.7 Å². The van der Waals surface area contributed by atoms with E-state index in [1.54, 1.807) is 0 Å². The highest BCUT2D eigenvalue weighted by Crippen LogP contribution is 2.37. The molecule has 3 rings (SSSR count). The molecule has 0 aliphatic heterocycles. The summed E-state index contributed by atoms with van der Waals surface area (Å²) in [7, 11) is 0. The minimum absolute atomic E-state index is 0.0370. The summed E-state index contributed by atoms with van der Waals surface area (Å²) >= 11 is 0.785. The predicted octanol–water partition coefficient (Wildman–Crippen LogP) is 5.41. The van der Waals surface area contributed by atoms with Crippen molar-refractivity contribution in [1.29, 1.82) is 0 Å². The molecular weight excluding hydrogens is 440 g/mol. The van der Waals surface area contributed by atoms with E-state index in [0.717, 1.165) is 11.3 Å². The normalized spacial score (nSPS) is 11.8. The average molecular weight is 449 g/mol. The number of nitrogens with one attached hydrogen (secondary N) is 2. The van der Waals surface area contributed by atoms with Gasteiger partial charge in [-0.2, -0.15) is 26.3 Å². The molecule has 0 spiro atoms. The number of amides is 2. The molecule has 7 nitrogen and oxygen atoms in total. The van der Waals surface area contributed by atoms with Gasteiger partial charge in [0.2, 0.25) is 5.13 Å². The van der Waals surface area contributed by atoms with Crippen molar-refractivity contribution in [1.82, 2.24) is 15.2 Å². The highest BCUT2D eigenvalue weighted by Gasteiger charge is 2.37. The van der Waals surface area contributed by atoms with Crippen molar-refractivity contribution < 1.29 is 35.9 Å². The Balaban J connectivity index is 1.72. The van der Waals surface area contributed by atoms with Crippen LogP contribution in [0.2, 0.25) is 0 Å². The fourth-order valence-electron chi connectivity index (χ4n) is 2.10. The van der Waals surface area contributed by atoms with Crippen LogP contribution < -0.4 is 15.4 Å². The molecule has 0 aliphatic rings. The second-order valence-corrected chi connectivity index (χ2v) is 6.47. The number of aromatic nitrogens is 3. The Hall–Kier alpha value is -3.42. The third-order valence-electron chi connectivity index (χ3n) is 3.33. The standard InChI is InChI=1S/C16H9F6N5O2S/c17-15(18,19)8-5-9(16(20,21)22)7-10(6-8)24-12(28)25-13-26-27-14(30-13)29-11-1-3-23-4-2-11/h1-7H,(H2,24,25,26,28). The minimum atomic E-state index is -5.04. The molecule has 2 amide bonds. The quantitative estimate of drug-likeness (QED) is 0.520. The van der Waals surface area contributed by atoms with Crippen molar-refractivity contribution in [3.05, 3.63) is 53.9 Å². The van der Waals surface area contributed by atoms with Crippen LogP contribution in [0.1, 0.15) is 11.1 Å². The number of anilines is 2. The van der Waals surface area contributed by atoms with E-state index in [2.05, 4.69) is 20.5 Å². The topological polar surface area (TPSA) is 89.0 Å². The summed E-state index contributed by atoms with van der Waals surface area (Å²) in [6.07, 6.45) is -7.14. The highest BCUT2D eigenvalue weighted by atomic mass is 32.1. The van der Waals surface area contributed by atoms with Crippen molar-refractivity contribution in [3.63, 3.8) is 0 Å². The van der Waals surface area contributed by atoms with Crippen molar-refractivity contribution in [3.8, 4) is 10.9 Å². The predicted molar refractivity (Wildman–Crippen MR) is 93.3 cm³/mol. The van der Waals surface area contributed by atoms with Crippen LogP contribution >= 0.6 is 11.3 Å². The molecule has 0 radical (unpaired) electrons. The Labute approximate surface area is 167 Å². The van der Waals surface area contributed by atoms with Crippen molar-refractivity contribution >= 4 is 28.2 Å². The maximum absolute atomic E-state index is 12.9.